The standard InChI is InChI=1S/C16H18ClFN2O/c1-16(2,3)14-6-10(9-19)7-15(20-14)21-13-5-4-11(18)8-12(13)17/h4-8H,9,19H2,1-3H3. The highest BCUT2D eigenvalue weighted by Crippen LogP contribution is 2.31. The molecule has 1 aromatic heterocycles. The molecule has 3 nitrogen and oxygen atoms in total. The molecule has 2 aromatic rings. The van der Waals surface area contributed by atoms with E-state index in [2.05, 4.69) is 25.8 Å². The summed E-state index contributed by atoms with van der Waals surface area (Å²) in [5.41, 5.74) is 7.38. The van der Waals surface area contributed by atoms with Crippen molar-refractivity contribution < 1.29 is 9.13 Å². The summed E-state index contributed by atoms with van der Waals surface area (Å²) in [6.07, 6.45) is 0. The predicted molar refractivity (Wildman–Crippen MR) is 82.3 cm³/mol. The summed E-state index contributed by atoms with van der Waals surface area (Å²) in [5.74, 6) is 0.349. The lowest BCUT2D eigenvalue weighted by molar-refractivity contribution is 0.449. The molecule has 0 atom stereocenters. The zero-order valence-corrected chi connectivity index (χ0v) is 13.0. The van der Waals surface area contributed by atoms with Crippen LogP contribution in [0.25, 0.3) is 0 Å². The average Bonchev–Trinajstić information content (AvgIpc) is 2.40. The van der Waals surface area contributed by atoms with E-state index >= 15 is 0 Å². The highest BCUT2D eigenvalue weighted by molar-refractivity contribution is 6.32. The molecular formula is C16H18ClFN2O. The fourth-order valence-electron chi connectivity index (χ4n) is 1.78. The predicted octanol–water partition coefficient (Wildman–Crippen LogP) is 4.42. The number of rotatable bonds is 3. The van der Waals surface area contributed by atoms with E-state index in [0.717, 1.165) is 11.3 Å². The maximum atomic E-state index is 13.1. The molecule has 0 aliphatic carbocycles. The molecule has 112 valence electrons. The molecule has 5 heteroatoms. The van der Waals surface area contributed by atoms with Crippen molar-refractivity contribution in [1.29, 1.82) is 0 Å². The fourth-order valence-corrected chi connectivity index (χ4v) is 1.99. The normalized spacial score (nSPS) is 11.5. The third-order valence-electron chi connectivity index (χ3n) is 2.97. The molecule has 1 aromatic carbocycles. The van der Waals surface area contributed by atoms with Crippen LogP contribution in [0.15, 0.2) is 30.3 Å². The Balaban J connectivity index is 2.39. The summed E-state index contributed by atoms with van der Waals surface area (Å²) >= 11 is 5.97. The van der Waals surface area contributed by atoms with E-state index in [1.165, 1.54) is 18.2 Å². The van der Waals surface area contributed by atoms with Crippen LogP contribution in [0.4, 0.5) is 4.39 Å². The SMILES string of the molecule is CC(C)(C)c1cc(CN)cc(Oc2ccc(F)cc2Cl)n1. The minimum Gasteiger partial charge on any atom is -0.437 e. The van der Waals surface area contributed by atoms with Gasteiger partial charge in [-0.2, -0.15) is 0 Å². The molecule has 2 rings (SSSR count). The van der Waals surface area contributed by atoms with Crippen molar-refractivity contribution in [2.45, 2.75) is 32.7 Å². The summed E-state index contributed by atoms with van der Waals surface area (Å²) in [5, 5.41) is 0.201. The third kappa shape index (κ3) is 3.93. The van der Waals surface area contributed by atoms with Gasteiger partial charge in [-0.15, -0.1) is 0 Å². The van der Waals surface area contributed by atoms with Crippen LogP contribution in [0, 0.1) is 5.82 Å². The lowest BCUT2D eigenvalue weighted by Gasteiger charge is -2.19. The molecule has 1 heterocycles. The Hall–Kier alpha value is -1.65. The van der Waals surface area contributed by atoms with Gasteiger partial charge in [-0.25, -0.2) is 9.37 Å². The van der Waals surface area contributed by atoms with E-state index in [1.807, 2.05) is 6.07 Å². The third-order valence-corrected chi connectivity index (χ3v) is 3.27. The monoisotopic (exact) mass is 308 g/mol. The summed E-state index contributed by atoms with van der Waals surface area (Å²) < 4.78 is 18.7. The van der Waals surface area contributed by atoms with Crippen LogP contribution in [0.2, 0.25) is 5.02 Å². The van der Waals surface area contributed by atoms with Gasteiger partial charge in [0.15, 0.2) is 0 Å². The highest BCUT2D eigenvalue weighted by atomic mass is 35.5. The van der Waals surface area contributed by atoms with Gasteiger partial charge in [-0.05, 0) is 29.8 Å². The van der Waals surface area contributed by atoms with E-state index in [1.54, 1.807) is 6.07 Å². The van der Waals surface area contributed by atoms with Crippen molar-refractivity contribution in [1.82, 2.24) is 4.98 Å². The lowest BCUT2D eigenvalue weighted by Crippen LogP contribution is -2.15. The van der Waals surface area contributed by atoms with Crippen molar-refractivity contribution >= 4 is 11.6 Å². The van der Waals surface area contributed by atoms with Gasteiger partial charge in [0.25, 0.3) is 0 Å². The van der Waals surface area contributed by atoms with Gasteiger partial charge in [0, 0.05) is 18.0 Å². The highest BCUT2D eigenvalue weighted by Gasteiger charge is 2.18. The zero-order chi connectivity index (χ0) is 15.6. The van der Waals surface area contributed by atoms with Crippen molar-refractivity contribution in [3.63, 3.8) is 0 Å². The van der Waals surface area contributed by atoms with Gasteiger partial charge in [0.2, 0.25) is 5.88 Å². The van der Waals surface area contributed by atoms with Crippen LogP contribution in [0.5, 0.6) is 11.6 Å². The molecule has 0 radical (unpaired) electrons. The van der Waals surface area contributed by atoms with Gasteiger partial charge >= 0.3 is 0 Å². The summed E-state index contributed by atoms with van der Waals surface area (Å²) in [6.45, 7) is 6.57. The Morgan fingerprint density at radius 1 is 1.24 bits per heavy atom. The first kappa shape index (κ1) is 15.7. The van der Waals surface area contributed by atoms with Crippen molar-refractivity contribution in [2.75, 3.05) is 0 Å². The molecule has 0 spiro atoms. The minimum atomic E-state index is -0.411. The number of hydrogen-bond donors (Lipinski definition) is 1. The Morgan fingerprint density at radius 3 is 2.52 bits per heavy atom. The number of pyridine rings is 1. The fraction of sp³-hybridized carbons (Fsp3) is 0.312. The first-order valence-electron chi connectivity index (χ1n) is 6.64. The largest absolute Gasteiger partial charge is 0.437 e. The Bertz CT molecular complexity index is 653. The summed E-state index contributed by atoms with van der Waals surface area (Å²) in [6, 6.07) is 7.69. The first-order chi connectivity index (χ1) is 9.79. The van der Waals surface area contributed by atoms with Gasteiger partial charge in [-0.3, -0.25) is 0 Å². The number of nitrogens with two attached hydrogens (primary N) is 1. The number of aromatic nitrogens is 1. The van der Waals surface area contributed by atoms with Crippen LogP contribution >= 0.6 is 11.6 Å². The Labute approximate surface area is 128 Å². The molecule has 0 saturated heterocycles. The molecule has 0 saturated carbocycles. The summed E-state index contributed by atoms with van der Waals surface area (Å²) in [7, 11) is 0. The topological polar surface area (TPSA) is 48.1 Å². The first-order valence-corrected chi connectivity index (χ1v) is 7.02. The van der Waals surface area contributed by atoms with Gasteiger partial charge < -0.3 is 10.5 Å². The number of hydrogen-bond acceptors (Lipinski definition) is 3. The van der Waals surface area contributed by atoms with Gasteiger partial charge in [0.05, 0.1) is 10.7 Å². The molecule has 0 aliphatic heterocycles. The Kier molecular flexibility index (Phi) is 4.49. The zero-order valence-electron chi connectivity index (χ0n) is 12.3. The molecule has 0 unspecified atom stereocenters. The van der Waals surface area contributed by atoms with Crippen LogP contribution in [-0.4, -0.2) is 4.98 Å². The van der Waals surface area contributed by atoms with Crippen LogP contribution in [0.1, 0.15) is 32.0 Å². The summed E-state index contributed by atoms with van der Waals surface area (Å²) in [4.78, 5) is 4.48. The van der Waals surface area contributed by atoms with Crippen molar-refractivity contribution in [3.05, 3.63) is 52.4 Å². The van der Waals surface area contributed by atoms with Crippen molar-refractivity contribution in [2.24, 2.45) is 5.73 Å². The molecule has 2 N–H and O–H groups in total. The second-order valence-corrected chi connectivity index (χ2v) is 6.24. The van der Waals surface area contributed by atoms with Crippen LogP contribution in [-0.2, 0) is 12.0 Å². The number of halogens is 2. The van der Waals surface area contributed by atoms with Crippen molar-refractivity contribution in [3.8, 4) is 11.6 Å². The average molecular weight is 309 g/mol. The molecule has 0 fully saturated rings. The maximum Gasteiger partial charge on any atom is 0.219 e. The number of nitrogens with zero attached hydrogens (tertiary/aromatic N) is 1. The quantitative estimate of drug-likeness (QED) is 0.913. The lowest BCUT2D eigenvalue weighted by atomic mass is 9.91. The molecule has 0 aliphatic rings. The van der Waals surface area contributed by atoms with E-state index in [-0.39, 0.29) is 10.4 Å². The minimum absolute atomic E-state index is 0.129. The Morgan fingerprint density at radius 2 is 1.95 bits per heavy atom. The van der Waals surface area contributed by atoms with E-state index in [9.17, 15) is 4.39 Å². The van der Waals surface area contributed by atoms with Gasteiger partial charge in [-0.1, -0.05) is 32.4 Å². The van der Waals surface area contributed by atoms with E-state index < -0.39 is 5.82 Å². The van der Waals surface area contributed by atoms with Crippen LogP contribution in [0.3, 0.4) is 0 Å². The number of benzene rings is 1. The molecule has 21 heavy (non-hydrogen) atoms. The number of ether oxygens (including phenoxy) is 1. The van der Waals surface area contributed by atoms with Crippen LogP contribution < -0.4 is 10.5 Å². The second-order valence-electron chi connectivity index (χ2n) is 5.83. The molecule has 0 amide bonds. The molecular weight excluding hydrogens is 291 g/mol. The second kappa shape index (κ2) is 6.00. The van der Waals surface area contributed by atoms with E-state index in [0.29, 0.717) is 18.2 Å². The van der Waals surface area contributed by atoms with E-state index in [4.69, 9.17) is 22.1 Å². The van der Waals surface area contributed by atoms with Gasteiger partial charge in [0.1, 0.15) is 11.6 Å². The maximum absolute atomic E-state index is 13.1. The molecule has 0 bridgehead atoms. The smallest absolute Gasteiger partial charge is 0.219 e.